The number of rotatable bonds is 5. The van der Waals surface area contributed by atoms with Crippen molar-refractivity contribution in [3.8, 4) is 5.75 Å². The number of carbonyl (C=O) groups excluding carboxylic acids is 1. The molecule has 0 aliphatic heterocycles. The summed E-state index contributed by atoms with van der Waals surface area (Å²) in [5, 5.41) is 3.80. The molecule has 0 atom stereocenters. The van der Waals surface area contributed by atoms with Gasteiger partial charge >= 0.3 is 0 Å². The largest absolute Gasteiger partial charge is 0.484 e. The topological polar surface area (TPSA) is 63.8 Å². The van der Waals surface area contributed by atoms with Crippen LogP contribution in [0.5, 0.6) is 5.75 Å². The number of hydrogen-bond donors (Lipinski definition) is 1. The quantitative estimate of drug-likeness (QED) is 0.578. The van der Waals surface area contributed by atoms with Gasteiger partial charge in [-0.2, -0.15) is 5.10 Å². The van der Waals surface area contributed by atoms with Gasteiger partial charge in [0, 0.05) is 6.07 Å². The van der Waals surface area contributed by atoms with Gasteiger partial charge in [0.15, 0.2) is 11.3 Å². The zero-order chi connectivity index (χ0) is 16.1. The molecule has 0 aliphatic rings. The average molecular weight is 430 g/mol. The summed E-state index contributed by atoms with van der Waals surface area (Å²) in [6.07, 6.45) is 1.41. The average Bonchev–Trinajstić information content (AvgIpc) is 2.79. The van der Waals surface area contributed by atoms with E-state index >= 15 is 0 Å². The Morgan fingerprint density at radius 3 is 2.73 bits per heavy atom. The molecule has 0 saturated carbocycles. The molecule has 2 rings (SSSR count). The second-order valence-corrected chi connectivity index (χ2v) is 6.17. The van der Waals surface area contributed by atoms with Crippen LogP contribution in [0.15, 0.2) is 42.9 Å². The molecule has 5 nitrogen and oxygen atoms in total. The van der Waals surface area contributed by atoms with Crippen molar-refractivity contribution in [1.29, 1.82) is 0 Å². The van der Waals surface area contributed by atoms with Crippen LogP contribution in [0.3, 0.4) is 0 Å². The number of ether oxygens (including phenoxy) is 1. The predicted octanol–water partition coefficient (Wildman–Crippen LogP) is 3.95. The zero-order valence-corrected chi connectivity index (χ0v) is 15.2. The Kier molecular flexibility index (Phi) is 5.79. The molecule has 1 aromatic heterocycles. The van der Waals surface area contributed by atoms with Gasteiger partial charge in [-0.25, -0.2) is 5.43 Å². The van der Waals surface area contributed by atoms with Gasteiger partial charge < -0.3 is 9.15 Å². The van der Waals surface area contributed by atoms with Crippen molar-refractivity contribution >= 4 is 44.0 Å². The van der Waals surface area contributed by atoms with Crippen molar-refractivity contribution in [1.82, 2.24) is 5.43 Å². The van der Waals surface area contributed by atoms with Crippen molar-refractivity contribution < 1.29 is 13.9 Å². The van der Waals surface area contributed by atoms with Gasteiger partial charge in [-0.15, -0.1) is 0 Å². The number of nitrogens with zero attached hydrogens (tertiary/aromatic N) is 1. The van der Waals surface area contributed by atoms with E-state index in [1.165, 1.54) is 11.8 Å². The van der Waals surface area contributed by atoms with Crippen LogP contribution in [-0.4, -0.2) is 18.7 Å². The van der Waals surface area contributed by atoms with Gasteiger partial charge in [0.05, 0.1) is 10.7 Å². The minimum Gasteiger partial charge on any atom is -0.484 e. The summed E-state index contributed by atoms with van der Waals surface area (Å²) < 4.78 is 12.0. The predicted molar refractivity (Wildman–Crippen MR) is 91.3 cm³/mol. The highest BCUT2D eigenvalue weighted by atomic mass is 79.9. The summed E-state index contributed by atoms with van der Waals surface area (Å²) in [5.74, 6) is 0.814. The Morgan fingerprint density at radius 1 is 1.32 bits per heavy atom. The molecule has 0 radical (unpaired) electrons. The van der Waals surface area contributed by atoms with E-state index in [1.807, 2.05) is 32.0 Å². The number of furan rings is 1. The van der Waals surface area contributed by atoms with Crippen molar-refractivity contribution in [3.05, 3.63) is 50.3 Å². The van der Waals surface area contributed by atoms with Crippen LogP contribution in [0.1, 0.15) is 16.9 Å². The lowest BCUT2D eigenvalue weighted by atomic mass is 10.1. The standard InChI is InChI=1S/C15H14Br2N2O3/c1-9-3-4-11(5-10(9)2)21-8-14(20)19-18-7-12-6-13(16)15(17)22-12/h3-7H,8H2,1-2H3,(H,19,20)/b18-7-. The first kappa shape index (κ1) is 16.8. The first-order chi connectivity index (χ1) is 10.5. The summed E-state index contributed by atoms with van der Waals surface area (Å²) in [6.45, 7) is 3.91. The number of hydrazone groups is 1. The van der Waals surface area contributed by atoms with Crippen molar-refractivity contribution in [2.75, 3.05) is 6.61 Å². The molecule has 1 N–H and O–H groups in total. The van der Waals surface area contributed by atoms with Crippen LogP contribution in [-0.2, 0) is 4.79 Å². The lowest BCUT2D eigenvalue weighted by molar-refractivity contribution is -0.123. The maximum Gasteiger partial charge on any atom is 0.277 e. The van der Waals surface area contributed by atoms with Crippen molar-refractivity contribution in [2.45, 2.75) is 13.8 Å². The van der Waals surface area contributed by atoms with Crippen molar-refractivity contribution in [2.24, 2.45) is 5.10 Å². The van der Waals surface area contributed by atoms with E-state index in [0.717, 1.165) is 10.0 Å². The van der Waals surface area contributed by atoms with Gasteiger partial charge in [-0.3, -0.25) is 4.79 Å². The lowest BCUT2D eigenvalue weighted by Gasteiger charge is -2.07. The van der Waals surface area contributed by atoms with Gasteiger partial charge in [-0.05, 0) is 69.0 Å². The number of carbonyl (C=O) groups is 1. The molecule has 1 amide bonds. The lowest BCUT2D eigenvalue weighted by Crippen LogP contribution is -2.24. The zero-order valence-electron chi connectivity index (χ0n) is 12.0. The molecule has 0 spiro atoms. The van der Waals surface area contributed by atoms with E-state index in [4.69, 9.17) is 9.15 Å². The van der Waals surface area contributed by atoms with Crippen LogP contribution < -0.4 is 10.2 Å². The first-order valence-electron chi connectivity index (χ1n) is 6.42. The number of benzene rings is 1. The molecule has 116 valence electrons. The van der Waals surface area contributed by atoms with Crippen LogP contribution in [0.2, 0.25) is 0 Å². The molecule has 0 fully saturated rings. The van der Waals surface area contributed by atoms with E-state index in [2.05, 4.69) is 42.4 Å². The summed E-state index contributed by atoms with van der Waals surface area (Å²) in [6, 6.07) is 7.40. The van der Waals surface area contributed by atoms with Gasteiger partial charge in [0.25, 0.3) is 5.91 Å². The summed E-state index contributed by atoms with van der Waals surface area (Å²) in [4.78, 5) is 11.6. The maximum atomic E-state index is 11.6. The number of nitrogens with one attached hydrogen (secondary N) is 1. The molecule has 1 aromatic carbocycles. The third kappa shape index (κ3) is 4.71. The molecule has 1 heterocycles. The molecule has 0 aliphatic carbocycles. The summed E-state index contributed by atoms with van der Waals surface area (Å²) >= 11 is 6.50. The number of halogens is 2. The molecule has 2 aromatic rings. The van der Waals surface area contributed by atoms with Crippen molar-refractivity contribution in [3.63, 3.8) is 0 Å². The van der Waals surface area contributed by atoms with E-state index in [1.54, 1.807) is 6.07 Å². The number of aryl methyl sites for hydroxylation is 2. The Balaban J connectivity index is 1.81. The normalized spacial score (nSPS) is 10.9. The smallest absolute Gasteiger partial charge is 0.277 e. The Morgan fingerprint density at radius 2 is 2.09 bits per heavy atom. The second-order valence-electron chi connectivity index (χ2n) is 4.60. The SMILES string of the molecule is Cc1ccc(OCC(=O)N/N=C\c2cc(Br)c(Br)o2)cc1C. The highest BCUT2D eigenvalue weighted by molar-refractivity contribution is 9.13. The van der Waals surface area contributed by atoms with Gasteiger partial charge in [-0.1, -0.05) is 6.07 Å². The highest BCUT2D eigenvalue weighted by Crippen LogP contribution is 2.25. The molecule has 0 bridgehead atoms. The third-order valence-corrected chi connectivity index (χ3v) is 4.60. The van der Waals surface area contributed by atoms with Crippen LogP contribution in [0.4, 0.5) is 0 Å². The fraction of sp³-hybridized carbons (Fsp3) is 0.200. The van der Waals surface area contributed by atoms with Crippen LogP contribution in [0.25, 0.3) is 0 Å². The fourth-order valence-corrected chi connectivity index (χ4v) is 2.19. The third-order valence-electron chi connectivity index (χ3n) is 2.89. The highest BCUT2D eigenvalue weighted by Gasteiger charge is 2.05. The van der Waals surface area contributed by atoms with E-state index in [0.29, 0.717) is 16.2 Å². The monoisotopic (exact) mass is 428 g/mol. The summed E-state index contributed by atoms with van der Waals surface area (Å²) in [5.41, 5.74) is 4.66. The number of hydrogen-bond acceptors (Lipinski definition) is 4. The minimum absolute atomic E-state index is 0.106. The maximum absolute atomic E-state index is 11.6. The Hall–Kier alpha value is -1.60. The molecule has 22 heavy (non-hydrogen) atoms. The second kappa shape index (κ2) is 7.60. The molecule has 0 saturated heterocycles. The Bertz CT molecular complexity index is 691. The van der Waals surface area contributed by atoms with Crippen LogP contribution in [0, 0.1) is 13.8 Å². The van der Waals surface area contributed by atoms with E-state index in [9.17, 15) is 4.79 Å². The molecular weight excluding hydrogens is 416 g/mol. The van der Waals surface area contributed by atoms with Gasteiger partial charge in [0.1, 0.15) is 11.5 Å². The van der Waals surface area contributed by atoms with E-state index < -0.39 is 0 Å². The number of amides is 1. The summed E-state index contributed by atoms with van der Waals surface area (Å²) in [7, 11) is 0. The molecular formula is C15H14Br2N2O3. The van der Waals surface area contributed by atoms with E-state index in [-0.39, 0.29) is 12.5 Å². The van der Waals surface area contributed by atoms with Crippen LogP contribution >= 0.6 is 31.9 Å². The molecule has 0 unspecified atom stereocenters. The Labute approximate surface area is 145 Å². The first-order valence-corrected chi connectivity index (χ1v) is 8.01. The molecule has 7 heteroatoms. The van der Waals surface area contributed by atoms with Gasteiger partial charge in [0.2, 0.25) is 0 Å². The minimum atomic E-state index is -0.348. The fourth-order valence-electron chi connectivity index (χ4n) is 1.58.